The van der Waals surface area contributed by atoms with Crippen LogP contribution in [0.2, 0.25) is 0 Å². The van der Waals surface area contributed by atoms with Gasteiger partial charge in [-0.2, -0.15) is 5.26 Å². The molecule has 2 nitrogen and oxygen atoms in total. The van der Waals surface area contributed by atoms with Crippen molar-refractivity contribution in [3.05, 3.63) is 28.5 Å². The van der Waals surface area contributed by atoms with E-state index in [0.29, 0.717) is 0 Å². The summed E-state index contributed by atoms with van der Waals surface area (Å²) < 4.78 is 0.863. The van der Waals surface area contributed by atoms with Crippen molar-refractivity contribution in [1.82, 2.24) is 4.98 Å². The maximum absolute atomic E-state index is 8.14. The zero-order valence-electron chi connectivity index (χ0n) is 5.50. The molecule has 0 aliphatic heterocycles. The van der Waals surface area contributed by atoms with Gasteiger partial charge in [-0.3, -0.25) is 4.98 Å². The second-order valence-electron chi connectivity index (χ2n) is 1.75. The standard InChI is InChI=1S/C8H3BrN2/c9-8-4-7(2-1-3-10)5-11-6-8/h4-6H. The number of rotatable bonds is 0. The normalized spacial score (nSPS) is 7.64. The van der Waals surface area contributed by atoms with E-state index >= 15 is 0 Å². The Bertz CT molecular complexity index is 354. The molecule has 0 bridgehead atoms. The molecule has 0 saturated heterocycles. The highest BCUT2D eigenvalue weighted by molar-refractivity contribution is 9.10. The molecule has 0 saturated carbocycles. The van der Waals surface area contributed by atoms with Crippen LogP contribution in [0, 0.1) is 23.2 Å². The van der Waals surface area contributed by atoms with Crippen molar-refractivity contribution in [1.29, 1.82) is 5.26 Å². The van der Waals surface area contributed by atoms with Gasteiger partial charge in [0.25, 0.3) is 0 Å². The molecule has 1 rings (SSSR count). The van der Waals surface area contributed by atoms with Crippen LogP contribution in [0.3, 0.4) is 0 Å². The van der Waals surface area contributed by atoms with Crippen molar-refractivity contribution in [3.63, 3.8) is 0 Å². The molecule has 0 spiro atoms. The molecule has 0 atom stereocenters. The largest absolute Gasteiger partial charge is 0.262 e. The number of nitriles is 1. The lowest BCUT2D eigenvalue weighted by molar-refractivity contribution is 1.29. The maximum atomic E-state index is 8.14. The first kappa shape index (κ1) is 7.78. The van der Waals surface area contributed by atoms with Gasteiger partial charge in [-0.15, -0.1) is 0 Å². The Morgan fingerprint density at radius 1 is 1.45 bits per heavy atom. The van der Waals surface area contributed by atoms with Gasteiger partial charge < -0.3 is 0 Å². The van der Waals surface area contributed by atoms with Gasteiger partial charge in [-0.25, -0.2) is 0 Å². The highest BCUT2D eigenvalue weighted by Crippen LogP contribution is 2.07. The van der Waals surface area contributed by atoms with E-state index in [1.165, 1.54) is 0 Å². The van der Waals surface area contributed by atoms with E-state index in [2.05, 4.69) is 32.8 Å². The van der Waals surface area contributed by atoms with Crippen molar-refractivity contribution in [2.24, 2.45) is 0 Å². The number of hydrogen-bond donors (Lipinski definition) is 0. The summed E-state index contributed by atoms with van der Waals surface area (Å²) in [6, 6.07) is 3.53. The zero-order chi connectivity index (χ0) is 8.10. The second-order valence-corrected chi connectivity index (χ2v) is 2.67. The van der Waals surface area contributed by atoms with Gasteiger partial charge in [0.1, 0.15) is 0 Å². The van der Waals surface area contributed by atoms with Crippen LogP contribution in [0.1, 0.15) is 5.56 Å². The van der Waals surface area contributed by atoms with Crippen LogP contribution in [0.15, 0.2) is 22.9 Å². The average molecular weight is 207 g/mol. The third-order valence-corrected chi connectivity index (χ3v) is 1.40. The van der Waals surface area contributed by atoms with Gasteiger partial charge in [0, 0.05) is 28.4 Å². The third-order valence-electron chi connectivity index (χ3n) is 0.968. The van der Waals surface area contributed by atoms with E-state index < -0.39 is 0 Å². The molecule has 1 aromatic rings. The first-order chi connectivity index (χ1) is 5.33. The second kappa shape index (κ2) is 3.75. The SMILES string of the molecule is N#CC#Cc1cncc(Br)c1. The molecule has 0 aromatic carbocycles. The fourth-order valence-electron chi connectivity index (χ4n) is 0.580. The molecule has 11 heavy (non-hydrogen) atoms. The van der Waals surface area contributed by atoms with Crippen LogP contribution >= 0.6 is 15.9 Å². The van der Waals surface area contributed by atoms with Crippen LogP contribution in [0.25, 0.3) is 0 Å². The first-order valence-electron chi connectivity index (χ1n) is 2.83. The van der Waals surface area contributed by atoms with E-state index in [1.807, 2.05) is 0 Å². The van der Waals surface area contributed by atoms with E-state index in [4.69, 9.17) is 5.26 Å². The molecule has 0 N–H and O–H groups in total. The summed E-state index contributed by atoms with van der Waals surface area (Å²) in [5.41, 5.74) is 0.737. The number of hydrogen-bond acceptors (Lipinski definition) is 2. The predicted octanol–water partition coefficient (Wildman–Crippen LogP) is 1.72. The van der Waals surface area contributed by atoms with Crippen molar-refractivity contribution < 1.29 is 0 Å². The Balaban J connectivity index is 2.99. The number of nitrogens with zero attached hydrogens (tertiary/aromatic N) is 2. The fraction of sp³-hybridized carbons (Fsp3) is 0. The average Bonchev–Trinajstić information content (AvgIpc) is 2.01. The molecule has 0 unspecified atom stereocenters. The van der Waals surface area contributed by atoms with Gasteiger partial charge >= 0.3 is 0 Å². The Morgan fingerprint density at radius 2 is 2.27 bits per heavy atom. The molecule has 3 heteroatoms. The summed E-state index contributed by atoms with van der Waals surface area (Å²) >= 11 is 3.24. The summed E-state index contributed by atoms with van der Waals surface area (Å²) in [5, 5.41) is 8.14. The van der Waals surface area contributed by atoms with Crippen molar-refractivity contribution in [2.45, 2.75) is 0 Å². The van der Waals surface area contributed by atoms with E-state index in [0.717, 1.165) is 10.0 Å². The van der Waals surface area contributed by atoms with Gasteiger partial charge in [-0.05, 0) is 27.9 Å². The fourth-order valence-corrected chi connectivity index (χ4v) is 0.945. The number of aromatic nitrogens is 1. The smallest absolute Gasteiger partial charge is 0.152 e. The lowest BCUT2D eigenvalue weighted by atomic mass is 10.3. The van der Waals surface area contributed by atoms with Gasteiger partial charge in [0.2, 0.25) is 0 Å². The Hall–Kier alpha value is -1.32. The third kappa shape index (κ3) is 2.41. The Kier molecular flexibility index (Phi) is 2.66. The van der Waals surface area contributed by atoms with Crippen molar-refractivity contribution >= 4 is 15.9 Å². The van der Waals surface area contributed by atoms with Crippen LogP contribution in [0.5, 0.6) is 0 Å². The van der Waals surface area contributed by atoms with E-state index in [-0.39, 0.29) is 0 Å². The lowest BCUT2D eigenvalue weighted by Gasteiger charge is -1.88. The molecule has 0 aliphatic carbocycles. The van der Waals surface area contributed by atoms with Crippen molar-refractivity contribution in [2.75, 3.05) is 0 Å². The monoisotopic (exact) mass is 206 g/mol. The van der Waals surface area contributed by atoms with E-state index in [9.17, 15) is 0 Å². The summed E-state index contributed by atoms with van der Waals surface area (Å²) in [4.78, 5) is 3.88. The molecule has 0 aliphatic rings. The molecule has 0 radical (unpaired) electrons. The maximum Gasteiger partial charge on any atom is 0.152 e. The molecular weight excluding hydrogens is 204 g/mol. The van der Waals surface area contributed by atoms with E-state index in [1.54, 1.807) is 24.5 Å². The first-order valence-corrected chi connectivity index (χ1v) is 3.63. The minimum absolute atomic E-state index is 0.737. The van der Waals surface area contributed by atoms with Crippen LogP contribution < -0.4 is 0 Å². The summed E-state index contributed by atoms with van der Waals surface area (Å²) in [5.74, 6) is 4.92. The van der Waals surface area contributed by atoms with Gasteiger partial charge in [-0.1, -0.05) is 0 Å². The highest BCUT2D eigenvalue weighted by atomic mass is 79.9. The molecule has 1 heterocycles. The summed E-state index contributed by atoms with van der Waals surface area (Å²) in [7, 11) is 0. The Morgan fingerprint density at radius 3 is 2.91 bits per heavy atom. The molecular formula is C8H3BrN2. The topological polar surface area (TPSA) is 36.7 Å². The van der Waals surface area contributed by atoms with Crippen LogP contribution in [0.4, 0.5) is 0 Å². The van der Waals surface area contributed by atoms with Crippen LogP contribution in [-0.4, -0.2) is 4.98 Å². The highest BCUT2D eigenvalue weighted by Gasteiger charge is 1.87. The number of pyridine rings is 1. The molecule has 52 valence electrons. The molecule has 0 amide bonds. The lowest BCUT2D eigenvalue weighted by Crippen LogP contribution is -1.76. The zero-order valence-corrected chi connectivity index (χ0v) is 7.09. The summed E-state index contributed by atoms with van der Waals surface area (Å²) in [6.45, 7) is 0. The minimum atomic E-state index is 0.737. The Labute approximate surface area is 73.0 Å². The quantitative estimate of drug-likeness (QED) is 0.607. The van der Waals surface area contributed by atoms with Gasteiger partial charge in [0.15, 0.2) is 6.07 Å². The molecule has 0 fully saturated rings. The van der Waals surface area contributed by atoms with Crippen LogP contribution in [-0.2, 0) is 0 Å². The van der Waals surface area contributed by atoms with Crippen molar-refractivity contribution in [3.8, 4) is 17.9 Å². The minimum Gasteiger partial charge on any atom is -0.262 e. The predicted molar refractivity (Wildman–Crippen MR) is 44.4 cm³/mol. The molecule has 1 aromatic heterocycles. The van der Waals surface area contributed by atoms with Gasteiger partial charge in [0.05, 0.1) is 0 Å². The summed E-state index contributed by atoms with van der Waals surface area (Å²) in [6.07, 6.45) is 3.27. The number of halogens is 1.